The molecule has 28 nitrogen and oxygen atoms in total. The number of carbonyl (C=O) groups excluding carboxylic acids is 3. The van der Waals surface area contributed by atoms with E-state index in [1.165, 1.54) is 49.9 Å². The number of aromatic hydroxyl groups is 1. The lowest BCUT2D eigenvalue weighted by Crippen LogP contribution is -2.45. The molecule has 0 saturated carbocycles. The summed E-state index contributed by atoms with van der Waals surface area (Å²) in [6, 6.07) is 26.2. The number of ether oxygens (including phenoxy) is 19. The van der Waals surface area contributed by atoms with Gasteiger partial charge in [-0.3, -0.25) is 0 Å². The van der Waals surface area contributed by atoms with Gasteiger partial charge in [0.05, 0.1) is 174 Å². The molecule has 5 N–H and O–H groups in total. The third-order valence-electron chi connectivity index (χ3n) is 23.0. The number of carboxylic acid groups (broad SMARTS) is 1. The summed E-state index contributed by atoms with van der Waals surface area (Å²) in [4.78, 5) is 47.6. The summed E-state index contributed by atoms with van der Waals surface area (Å²) < 4.78 is 105. The quantitative estimate of drug-likeness (QED) is 0.0119. The number of carboxylic acids is 1. The molecule has 123 heavy (non-hydrogen) atoms. The molecule has 9 aliphatic rings. The summed E-state index contributed by atoms with van der Waals surface area (Å²) in [5.74, 6) is -0.0522. The van der Waals surface area contributed by atoms with Crippen LogP contribution in [0.1, 0.15) is 179 Å². The molecule has 9 fully saturated rings. The zero-order valence-corrected chi connectivity index (χ0v) is 77.7. The minimum atomic E-state index is -0.926. The number of aliphatic hydroxyl groups is 3. The predicted molar refractivity (Wildman–Crippen MR) is 472 cm³/mol. The van der Waals surface area contributed by atoms with Gasteiger partial charge in [-0.1, -0.05) is 82.4 Å². The number of rotatable bonds is 46. The first kappa shape index (κ1) is 105. The highest BCUT2D eigenvalue weighted by molar-refractivity contribution is 9.09. The molecule has 2 unspecified atom stereocenters. The molecule has 4 aromatic carbocycles. The van der Waals surface area contributed by atoms with Crippen LogP contribution < -0.4 is 14.2 Å². The summed E-state index contributed by atoms with van der Waals surface area (Å²) in [7, 11) is 0. The summed E-state index contributed by atoms with van der Waals surface area (Å²) in [6.45, 7) is 30.1. The maximum atomic E-state index is 12.9. The third-order valence-corrected chi connectivity index (χ3v) is 24.7. The number of phenols is 1. The first-order chi connectivity index (χ1) is 59.7. The number of benzene rings is 4. The van der Waals surface area contributed by atoms with E-state index < -0.39 is 54.5 Å². The molecule has 9 saturated heterocycles. The number of aromatic carboxylic acids is 1. The van der Waals surface area contributed by atoms with Gasteiger partial charge in [-0.2, -0.15) is 0 Å². The lowest BCUT2D eigenvalue weighted by molar-refractivity contribution is -0.150. The maximum absolute atomic E-state index is 12.9. The molecule has 0 aliphatic carbocycles. The Labute approximate surface area is 752 Å². The normalized spacial score (nSPS) is 22.4. The Kier molecular flexibility index (Phi) is 49.1. The number of carbonyl (C=O) groups is 4. The molecule has 4 aromatic rings. The van der Waals surface area contributed by atoms with Crippen molar-refractivity contribution in [1.29, 1.82) is 0 Å². The van der Waals surface area contributed by atoms with Gasteiger partial charge in [-0.25, -0.2) is 19.2 Å². The number of hydrogen-bond acceptors (Lipinski definition) is 27. The molecule has 9 aliphatic heterocycles. The van der Waals surface area contributed by atoms with Crippen molar-refractivity contribution in [3.63, 3.8) is 0 Å². The van der Waals surface area contributed by atoms with Gasteiger partial charge in [0.2, 0.25) is 0 Å². The number of hydrogen-bond donors (Lipinski definition) is 5. The van der Waals surface area contributed by atoms with E-state index in [0.29, 0.717) is 79.0 Å². The Balaban J connectivity index is 0.000000236. The zero-order chi connectivity index (χ0) is 88.6. The molecule has 0 aromatic heterocycles. The number of phenolic OH excluding ortho intramolecular Hbond substituents is 1. The lowest BCUT2D eigenvalue weighted by Gasteiger charge is -2.40. The molecular weight excluding hydrogens is 1790 g/mol. The predicted octanol–water partition coefficient (Wildman–Crippen LogP) is 14.1. The van der Waals surface area contributed by atoms with Gasteiger partial charge in [-0.15, -0.1) is 0 Å². The molecule has 9 heterocycles. The highest BCUT2D eigenvalue weighted by Gasteiger charge is 2.52. The van der Waals surface area contributed by atoms with Crippen LogP contribution in [-0.2, 0) is 75.8 Å². The summed E-state index contributed by atoms with van der Waals surface area (Å²) in [5, 5.41) is 48.1. The molecule has 8 atom stereocenters. The smallest absolute Gasteiger partial charge is 0.338 e. The Morgan fingerprint density at radius 2 is 0.642 bits per heavy atom. The van der Waals surface area contributed by atoms with Crippen molar-refractivity contribution in [3.05, 3.63) is 119 Å². The van der Waals surface area contributed by atoms with Crippen molar-refractivity contribution < 1.29 is 135 Å². The van der Waals surface area contributed by atoms with Crippen LogP contribution in [0, 0.1) is 27.1 Å². The number of esters is 3. The molecular formula is C92H137Br3O28. The molecule has 694 valence electrons. The largest absolute Gasteiger partial charge is 0.508 e. The van der Waals surface area contributed by atoms with E-state index in [2.05, 4.69) is 82.4 Å². The monoisotopic (exact) mass is 1930 g/mol. The average Bonchev–Trinajstić information content (AvgIpc) is 1.65. The van der Waals surface area contributed by atoms with E-state index in [1.54, 1.807) is 79.7 Å². The fourth-order valence-electron chi connectivity index (χ4n) is 13.4. The van der Waals surface area contributed by atoms with Gasteiger partial charge < -0.3 is 116 Å². The minimum Gasteiger partial charge on any atom is -0.508 e. The number of fused-ring (bicyclic) bond motifs is 2. The van der Waals surface area contributed by atoms with Crippen molar-refractivity contribution in [2.45, 2.75) is 187 Å². The standard InChI is InChI=1S/C40H54O12.C17H24O5.C10H19BrO2.C9H10O3.C6H10O4.C6H12O2.C4H8Br2/c1-3-39(25-45-26-39)23-43-17-5-7-19-47-31-13-9-29(10-14-31)37(41)51-33-21-49-36-34(22-50-35(33)36)52-38(42)30-11-15-32(16-12-30)48-20-8-6-18-44-24-40(4-2)27-46-28-40;1-2-17(12-21-13-17)11-20-9-3-4-10-22-15-7-5-14(6-8-15)16(18)19;1-2-10(8-13-9-10)7-12-6-4-3-5-11;1-2-12-9(11)7-3-5-8(10)6-4-7;7-3-1-9-6-4(8)2-10-5(3)6;1-2-6(3-7)4-8-5-6;5-3-1-2-4-6/h9-16,33-36H,3-8,17-28H2,1-2H3;5-8H,2-4,9-13H2,1H3,(H,18,19);2-9H2,1H3;3-6,10H,2H2,1H3;3-8H,1-2H2;7H,2-5H2,1H3;1-4H2/t33-,34+,35?,36?;;;;3-,4+,5-,6-;;/m....1../s1. The summed E-state index contributed by atoms with van der Waals surface area (Å²) in [6.07, 6.45) is 11.8. The van der Waals surface area contributed by atoms with Crippen molar-refractivity contribution in [3.8, 4) is 23.0 Å². The number of aliphatic hydroxyl groups excluding tert-OH is 3. The Bertz CT molecular complexity index is 3360. The van der Waals surface area contributed by atoms with Crippen molar-refractivity contribution >= 4 is 71.7 Å². The van der Waals surface area contributed by atoms with Crippen LogP contribution in [0.15, 0.2) is 97.1 Å². The van der Waals surface area contributed by atoms with Crippen LogP contribution in [0.4, 0.5) is 0 Å². The van der Waals surface area contributed by atoms with E-state index >= 15 is 0 Å². The van der Waals surface area contributed by atoms with Gasteiger partial charge in [0.1, 0.15) is 59.6 Å². The van der Waals surface area contributed by atoms with Gasteiger partial charge in [0, 0.05) is 69.5 Å². The molecule has 0 radical (unpaired) electrons. The fourth-order valence-corrected chi connectivity index (χ4v) is 14.6. The first-order valence-electron chi connectivity index (χ1n) is 43.8. The first-order valence-corrected chi connectivity index (χ1v) is 47.1. The van der Waals surface area contributed by atoms with E-state index in [0.717, 1.165) is 192 Å². The van der Waals surface area contributed by atoms with Crippen molar-refractivity contribution in [2.24, 2.45) is 27.1 Å². The fraction of sp³-hybridized carbons (Fsp3) is 0.696. The molecule has 0 spiro atoms. The SMILES string of the molecule is BrCCCCBr.CCC1(CO)COC1.CCC1(COCCCCBr)COC1.CCC1(COCCCCOc2ccc(C(=O)O)cc2)COC1.CCC1(COCCCCOc2ccc(C(=O)O[C@H]3COC4C3OC[C@H]4OC(=O)c3ccc(OCCCCOCC4(CC)COC4)cc3)cc2)COC1.CCOC(=O)c1ccc(O)cc1.O[C@@H]1CO[C@H]2[C@@H]1OC[C@@H]2O. The number of unbranched alkanes of at least 4 members (excludes halogenated alkanes) is 5. The zero-order valence-electron chi connectivity index (χ0n) is 72.9. The van der Waals surface area contributed by atoms with Crippen LogP contribution in [0.2, 0.25) is 0 Å². The van der Waals surface area contributed by atoms with Crippen LogP contribution in [0.3, 0.4) is 0 Å². The Hall–Kier alpha value is -5.24. The van der Waals surface area contributed by atoms with E-state index in [-0.39, 0.29) is 84.2 Å². The minimum absolute atomic E-state index is 0.139. The molecule has 0 amide bonds. The highest BCUT2D eigenvalue weighted by Crippen LogP contribution is 2.37. The average molecular weight is 1930 g/mol. The maximum Gasteiger partial charge on any atom is 0.338 e. The Morgan fingerprint density at radius 1 is 0.366 bits per heavy atom. The Morgan fingerprint density at radius 3 is 0.911 bits per heavy atom. The summed E-state index contributed by atoms with van der Waals surface area (Å²) in [5.41, 5.74) is 2.68. The van der Waals surface area contributed by atoms with Gasteiger partial charge in [0.15, 0.2) is 12.2 Å². The second kappa shape index (κ2) is 57.6. The summed E-state index contributed by atoms with van der Waals surface area (Å²) >= 11 is 10.1. The van der Waals surface area contributed by atoms with Crippen molar-refractivity contribution in [1.82, 2.24) is 0 Å². The van der Waals surface area contributed by atoms with Gasteiger partial charge in [-0.05, 0) is 200 Å². The molecule has 13 rings (SSSR count). The molecule has 31 heteroatoms. The topological polar surface area (TPSA) is 345 Å². The third kappa shape index (κ3) is 35.6. The van der Waals surface area contributed by atoms with Crippen molar-refractivity contribution in [2.75, 3.05) is 194 Å². The second-order valence-corrected chi connectivity index (χ2v) is 35.0. The number of alkyl halides is 3. The van der Waals surface area contributed by atoms with Crippen LogP contribution in [0.25, 0.3) is 0 Å². The van der Waals surface area contributed by atoms with Crippen LogP contribution >= 0.6 is 47.8 Å². The van der Waals surface area contributed by atoms with E-state index in [9.17, 15) is 19.2 Å². The van der Waals surface area contributed by atoms with Crippen LogP contribution in [0.5, 0.6) is 23.0 Å². The number of halogens is 3. The second-order valence-electron chi connectivity index (χ2n) is 32.6. The van der Waals surface area contributed by atoms with Crippen LogP contribution in [-0.4, -0.2) is 293 Å². The molecule has 0 bridgehead atoms. The van der Waals surface area contributed by atoms with Gasteiger partial charge in [0.25, 0.3) is 0 Å². The van der Waals surface area contributed by atoms with Gasteiger partial charge >= 0.3 is 23.9 Å². The highest BCUT2D eigenvalue weighted by atomic mass is 79.9. The van der Waals surface area contributed by atoms with E-state index in [4.69, 9.17) is 116 Å². The lowest BCUT2D eigenvalue weighted by atomic mass is 9.84. The van der Waals surface area contributed by atoms with E-state index in [1.807, 2.05) is 0 Å².